The fourth-order valence-corrected chi connectivity index (χ4v) is 4.86. The fourth-order valence-electron chi connectivity index (χ4n) is 4.00. The third-order valence-corrected chi connectivity index (χ3v) is 6.79. The van der Waals surface area contributed by atoms with Crippen molar-refractivity contribution in [2.75, 3.05) is 6.54 Å². The van der Waals surface area contributed by atoms with Gasteiger partial charge in [-0.3, -0.25) is 14.4 Å². The Bertz CT molecular complexity index is 943. The van der Waals surface area contributed by atoms with E-state index >= 15 is 0 Å². The van der Waals surface area contributed by atoms with Gasteiger partial charge in [0.1, 0.15) is 11.1 Å². The summed E-state index contributed by atoms with van der Waals surface area (Å²) in [5.41, 5.74) is -0.423. The Morgan fingerprint density at radius 3 is 2.39 bits per heavy atom. The Kier molecular flexibility index (Phi) is 8.07. The molecule has 2 aromatic rings. The molecule has 1 atom stereocenters. The van der Waals surface area contributed by atoms with Crippen molar-refractivity contribution in [2.45, 2.75) is 71.4 Å². The maximum Gasteiger partial charge on any atom is 0.257 e. The number of hydrogen-bond donors (Lipinski definition) is 2. The standard InChI is InChI=1S/C24H33N3O3S/c1-4-20(21-11-8-12-31-21)26-24(30)19-15-27(17-9-6-5-7-10-17)14-18(22(19)28)23(29)25-13-16(2)3/h8,11-12,14-17,20H,4-7,9-10,13H2,1-3H3,(H,25,29)(H,26,30)/t20-/m0/s1. The molecule has 1 aliphatic rings. The lowest BCUT2D eigenvalue weighted by Gasteiger charge is -2.26. The van der Waals surface area contributed by atoms with Gasteiger partial charge in [-0.15, -0.1) is 11.3 Å². The second-order valence-electron chi connectivity index (χ2n) is 8.71. The van der Waals surface area contributed by atoms with Crippen LogP contribution in [0.4, 0.5) is 0 Å². The molecule has 6 nitrogen and oxygen atoms in total. The van der Waals surface area contributed by atoms with Crippen LogP contribution in [0.5, 0.6) is 0 Å². The molecule has 2 amide bonds. The number of rotatable bonds is 8. The molecule has 1 aliphatic carbocycles. The Morgan fingerprint density at radius 1 is 1.13 bits per heavy atom. The molecule has 3 rings (SSSR count). The van der Waals surface area contributed by atoms with Gasteiger partial charge in [-0.2, -0.15) is 0 Å². The molecule has 0 aliphatic heterocycles. The average molecular weight is 444 g/mol. The van der Waals surface area contributed by atoms with Gasteiger partial charge in [-0.05, 0) is 36.6 Å². The molecule has 168 valence electrons. The van der Waals surface area contributed by atoms with Crippen molar-refractivity contribution < 1.29 is 9.59 Å². The second kappa shape index (κ2) is 10.8. The van der Waals surface area contributed by atoms with E-state index in [1.807, 2.05) is 42.9 Å². The van der Waals surface area contributed by atoms with Crippen molar-refractivity contribution in [1.29, 1.82) is 0 Å². The minimum Gasteiger partial charge on any atom is -0.352 e. The molecule has 0 aromatic carbocycles. The van der Waals surface area contributed by atoms with Crippen LogP contribution in [0.2, 0.25) is 0 Å². The highest BCUT2D eigenvalue weighted by molar-refractivity contribution is 7.10. The number of carbonyl (C=O) groups excluding carboxylic acids is 2. The first kappa shape index (κ1) is 23.3. The summed E-state index contributed by atoms with van der Waals surface area (Å²) in [5, 5.41) is 7.80. The van der Waals surface area contributed by atoms with Crippen LogP contribution in [0, 0.1) is 5.92 Å². The molecule has 7 heteroatoms. The van der Waals surface area contributed by atoms with E-state index < -0.39 is 17.2 Å². The van der Waals surface area contributed by atoms with Crippen LogP contribution >= 0.6 is 11.3 Å². The highest BCUT2D eigenvalue weighted by atomic mass is 32.1. The predicted molar refractivity (Wildman–Crippen MR) is 125 cm³/mol. The Labute approximate surface area is 188 Å². The number of pyridine rings is 1. The summed E-state index contributed by atoms with van der Waals surface area (Å²) in [6.45, 7) is 6.48. The number of nitrogens with one attached hydrogen (secondary N) is 2. The van der Waals surface area contributed by atoms with Gasteiger partial charge in [-0.25, -0.2) is 0 Å². The number of carbonyl (C=O) groups is 2. The van der Waals surface area contributed by atoms with Crippen molar-refractivity contribution in [3.63, 3.8) is 0 Å². The van der Waals surface area contributed by atoms with Crippen LogP contribution in [-0.4, -0.2) is 22.9 Å². The molecule has 0 unspecified atom stereocenters. The summed E-state index contributed by atoms with van der Waals surface area (Å²) in [7, 11) is 0. The van der Waals surface area contributed by atoms with E-state index in [1.165, 1.54) is 6.42 Å². The van der Waals surface area contributed by atoms with E-state index in [0.717, 1.165) is 37.0 Å². The van der Waals surface area contributed by atoms with Gasteiger partial charge in [0.25, 0.3) is 11.8 Å². The van der Waals surface area contributed by atoms with Gasteiger partial charge >= 0.3 is 0 Å². The monoisotopic (exact) mass is 443 g/mol. The molecule has 2 aromatic heterocycles. The first-order valence-corrected chi connectivity index (χ1v) is 12.2. The van der Waals surface area contributed by atoms with Gasteiger partial charge in [0.15, 0.2) is 0 Å². The molecule has 0 saturated heterocycles. The Hall–Kier alpha value is -2.41. The molecule has 1 saturated carbocycles. The van der Waals surface area contributed by atoms with Crippen LogP contribution in [0.15, 0.2) is 34.7 Å². The van der Waals surface area contributed by atoms with Gasteiger partial charge in [0.05, 0.1) is 6.04 Å². The van der Waals surface area contributed by atoms with Crippen LogP contribution in [0.25, 0.3) is 0 Å². The maximum absolute atomic E-state index is 13.2. The number of amides is 2. The van der Waals surface area contributed by atoms with E-state index in [1.54, 1.807) is 23.7 Å². The lowest BCUT2D eigenvalue weighted by molar-refractivity contribution is 0.0934. The van der Waals surface area contributed by atoms with Crippen molar-refractivity contribution in [3.8, 4) is 0 Å². The number of nitrogens with zero attached hydrogens (tertiary/aromatic N) is 1. The first-order valence-electron chi connectivity index (χ1n) is 11.3. The minimum atomic E-state index is -0.508. The lowest BCUT2D eigenvalue weighted by Crippen LogP contribution is -2.37. The third kappa shape index (κ3) is 5.85. The number of aromatic nitrogens is 1. The normalized spacial score (nSPS) is 15.6. The first-order chi connectivity index (χ1) is 14.9. The van der Waals surface area contributed by atoms with E-state index in [2.05, 4.69) is 10.6 Å². The molecular formula is C24H33N3O3S. The smallest absolute Gasteiger partial charge is 0.257 e. The zero-order valence-electron chi connectivity index (χ0n) is 18.6. The third-order valence-electron chi connectivity index (χ3n) is 5.80. The van der Waals surface area contributed by atoms with Crippen LogP contribution in [0.3, 0.4) is 0 Å². The molecule has 2 heterocycles. The minimum absolute atomic E-state index is 0.0396. The summed E-state index contributed by atoms with van der Waals surface area (Å²) in [4.78, 5) is 40.2. The van der Waals surface area contributed by atoms with Crippen LogP contribution in [-0.2, 0) is 0 Å². The number of hydrogen-bond acceptors (Lipinski definition) is 4. The second-order valence-corrected chi connectivity index (χ2v) is 9.69. The molecule has 0 radical (unpaired) electrons. The lowest BCUT2D eigenvalue weighted by atomic mass is 9.95. The zero-order valence-corrected chi connectivity index (χ0v) is 19.5. The molecule has 1 fully saturated rings. The highest BCUT2D eigenvalue weighted by Crippen LogP contribution is 2.28. The van der Waals surface area contributed by atoms with Crippen molar-refractivity contribution in [3.05, 3.63) is 56.1 Å². The summed E-state index contributed by atoms with van der Waals surface area (Å²) >= 11 is 1.58. The fraction of sp³-hybridized carbons (Fsp3) is 0.542. The van der Waals surface area contributed by atoms with Gasteiger partial charge in [-0.1, -0.05) is 46.1 Å². The van der Waals surface area contributed by atoms with Crippen LogP contribution in [0.1, 0.15) is 97.0 Å². The predicted octanol–water partition coefficient (Wildman–Crippen LogP) is 4.68. The Morgan fingerprint density at radius 2 is 1.81 bits per heavy atom. The average Bonchev–Trinajstić information content (AvgIpc) is 3.31. The molecule has 31 heavy (non-hydrogen) atoms. The Balaban J connectivity index is 1.94. The van der Waals surface area contributed by atoms with E-state index in [9.17, 15) is 14.4 Å². The number of thiophene rings is 1. The molecule has 0 spiro atoms. The van der Waals surface area contributed by atoms with Crippen LogP contribution < -0.4 is 16.1 Å². The van der Waals surface area contributed by atoms with E-state index in [0.29, 0.717) is 6.54 Å². The summed E-state index contributed by atoms with van der Waals surface area (Å²) in [6, 6.07) is 3.98. The summed E-state index contributed by atoms with van der Waals surface area (Å²) in [5.74, 6) is -0.566. The van der Waals surface area contributed by atoms with E-state index in [4.69, 9.17) is 0 Å². The van der Waals surface area contributed by atoms with Crippen molar-refractivity contribution in [1.82, 2.24) is 15.2 Å². The van der Waals surface area contributed by atoms with Crippen molar-refractivity contribution >= 4 is 23.2 Å². The van der Waals surface area contributed by atoms with Gasteiger partial charge in [0, 0.05) is 29.9 Å². The quantitative estimate of drug-likeness (QED) is 0.621. The largest absolute Gasteiger partial charge is 0.352 e. The molecular weight excluding hydrogens is 410 g/mol. The van der Waals surface area contributed by atoms with Crippen molar-refractivity contribution in [2.24, 2.45) is 5.92 Å². The SMILES string of the molecule is CC[C@H](NC(=O)c1cn(C2CCCCC2)cc(C(=O)NCC(C)C)c1=O)c1cccs1. The zero-order chi connectivity index (χ0) is 22.4. The summed E-state index contributed by atoms with van der Waals surface area (Å²) < 4.78 is 1.92. The summed E-state index contributed by atoms with van der Waals surface area (Å²) in [6.07, 6.45) is 9.41. The topological polar surface area (TPSA) is 80.2 Å². The van der Waals surface area contributed by atoms with Gasteiger partial charge in [0.2, 0.25) is 5.43 Å². The molecule has 0 bridgehead atoms. The maximum atomic E-state index is 13.2. The highest BCUT2D eigenvalue weighted by Gasteiger charge is 2.24. The molecule has 2 N–H and O–H groups in total. The van der Waals surface area contributed by atoms with Gasteiger partial charge < -0.3 is 15.2 Å². The van der Waals surface area contributed by atoms with E-state index in [-0.39, 0.29) is 29.1 Å².